The fourth-order valence-corrected chi connectivity index (χ4v) is 1.64. The first-order valence-corrected chi connectivity index (χ1v) is 4.51. The Morgan fingerprint density at radius 2 is 2.58 bits per heavy atom. The molecule has 2 atom stereocenters. The molecule has 0 aromatic rings. The van der Waals surface area contributed by atoms with Crippen LogP contribution in [0.4, 0.5) is 0 Å². The van der Waals surface area contributed by atoms with Gasteiger partial charge in [0.2, 0.25) is 0 Å². The average molecular weight is 169 g/mol. The zero-order valence-corrected chi connectivity index (χ0v) is 7.45. The van der Waals surface area contributed by atoms with Crippen molar-refractivity contribution in [2.75, 3.05) is 13.2 Å². The smallest absolute Gasteiger partial charge is 0.286 e. The Hall–Kier alpha value is -0.750. The third-order valence-electron chi connectivity index (χ3n) is 2.33. The van der Waals surface area contributed by atoms with E-state index in [-0.39, 0.29) is 6.10 Å². The van der Waals surface area contributed by atoms with Gasteiger partial charge in [0.25, 0.3) is 6.26 Å². The highest BCUT2D eigenvalue weighted by Crippen LogP contribution is 2.21. The molecule has 3 heteroatoms. The van der Waals surface area contributed by atoms with Crippen molar-refractivity contribution in [2.24, 2.45) is 5.92 Å². The third kappa shape index (κ3) is 2.38. The van der Waals surface area contributed by atoms with Gasteiger partial charge in [0.05, 0.1) is 6.61 Å². The predicted octanol–water partition coefficient (Wildman–Crippen LogP) is 1.69. The topological polar surface area (TPSA) is 42.2 Å². The lowest BCUT2D eigenvalue weighted by molar-refractivity contribution is -0.0114. The van der Waals surface area contributed by atoms with Crippen molar-refractivity contribution in [3.63, 3.8) is 0 Å². The molecule has 0 spiro atoms. The Labute approximate surface area is 73.3 Å². The van der Waals surface area contributed by atoms with Crippen LogP contribution in [0.15, 0.2) is 0 Å². The van der Waals surface area contributed by atoms with Crippen LogP contribution < -0.4 is 0 Å². The van der Waals surface area contributed by atoms with Gasteiger partial charge in [0.15, 0.2) is 0 Å². The minimum atomic E-state index is 0.0651. The molecule has 1 saturated heterocycles. The molecular weight excluding hydrogens is 154 g/mol. The fraction of sp³-hybridized carbons (Fsp3) is 0.889. The molecule has 68 valence electrons. The van der Waals surface area contributed by atoms with E-state index in [1.165, 1.54) is 0 Å². The molecule has 0 radical (unpaired) electrons. The van der Waals surface area contributed by atoms with Gasteiger partial charge >= 0.3 is 0 Å². The van der Waals surface area contributed by atoms with E-state index < -0.39 is 0 Å². The van der Waals surface area contributed by atoms with Gasteiger partial charge in [-0.05, 0) is 19.3 Å². The van der Waals surface area contributed by atoms with E-state index in [4.69, 9.17) is 14.7 Å². The number of nitriles is 1. The summed E-state index contributed by atoms with van der Waals surface area (Å²) in [6, 6.07) is 0. The number of hydrogen-bond donors (Lipinski definition) is 0. The van der Waals surface area contributed by atoms with Gasteiger partial charge in [-0.1, -0.05) is 6.92 Å². The Bertz CT molecular complexity index is 158. The summed E-state index contributed by atoms with van der Waals surface area (Å²) in [7, 11) is 0. The molecule has 1 aliphatic rings. The van der Waals surface area contributed by atoms with Crippen LogP contribution in [0.2, 0.25) is 0 Å². The summed E-state index contributed by atoms with van der Waals surface area (Å²) < 4.78 is 10.3. The van der Waals surface area contributed by atoms with Crippen molar-refractivity contribution in [2.45, 2.75) is 32.3 Å². The highest BCUT2D eigenvalue weighted by atomic mass is 16.5. The standard InChI is InChI=1S/C9H15NO2/c1-2-9(12-7-10)8-4-3-5-11-6-8/h8-9H,2-6H2,1H3/t8?,9-/m1/s1. The van der Waals surface area contributed by atoms with Gasteiger partial charge in [0.1, 0.15) is 6.10 Å². The number of ether oxygens (including phenoxy) is 2. The van der Waals surface area contributed by atoms with E-state index >= 15 is 0 Å². The predicted molar refractivity (Wildman–Crippen MR) is 44.3 cm³/mol. The Morgan fingerprint density at radius 1 is 1.75 bits per heavy atom. The monoisotopic (exact) mass is 169 g/mol. The largest absolute Gasteiger partial charge is 0.424 e. The lowest BCUT2D eigenvalue weighted by Gasteiger charge is -2.27. The summed E-state index contributed by atoms with van der Waals surface area (Å²) in [5, 5.41) is 8.39. The van der Waals surface area contributed by atoms with Crippen LogP contribution in [0, 0.1) is 17.4 Å². The second kappa shape index (κ2) is 5.00. The summed E-state index contributed by atoms with van der Waals surface area (Å²) in [5.74, 6) is 0.420. The van der Waals surface area contributed by atoms with E-state index in [1.807, 2.05) is 6.92 Å². The van der Waals surface area contributed by atoms with Gasteiger partial charge in [-0.25, -0.2) is 0 Å². The van der Waals surface area contributed by atoms with E-state index in [2.05, 4.69) is 0 Å². The molecular formula is C9H15NO2. The molecule has 0 amide bonds. The van der Waals surface area contributed by atoms with Crippen molar-refractivity contribution in [3.8, 4) is 6.26 Å². The molecule has 1 aliphatic heterocycles. The molecule has 0 bridgehead atoms. The average Bonchev–Trinajstić information content (AvgIpc) is 2.15. The van der Waals surface area contributed by atoms with Crippen LogP contribution in [-0.4, -0.2) is 19.3 Å². The van der Waals surface area contributed by atoms with Crippen molar-refractivity contribution in [3.05, 3.63) is 0 Å². The molecule has 1 heterocycles. The third-order valence-corrected chi connectivity index (χ3v) is 2.33. The van der Waals surface area contributed by atoms with E-state index in [1.54, 1.807) is 6.26 Å². The lowest BCUT2D eigenvalue weighted by atomic mass is 9.94. The van der Waals surface area contributed by atoms with Gasteiger partial charge in [-0.3, -0.25) is 0 Å². The highest BCUT2D eigenvalue weighted by molar-refractivity contribution is 4.74. The number of nitrogens with zero attached hydrogens (tertiary/aromatic N) is 1. The van der Waals surface area contributed by atoms with Crippen LogP contribution in [0.1, 0.15) is 26.2 Å². The zero-order valence-electron chi connectivity index (χ0n) is 7.45. The van der Waals surface area contributed by atoms with Crippen LogP contribution in [0.3, 0.4) is 0 Å². The van der Waals surface area contributed by atoms with Crippen molar-refractivity contribution in [1.82, 2.24) is 0 Å². The van der Waals surface area contributed by atoms with Gasteiger partial charge in [-0.2, -0.15) is 5.26 Å². The zero-order chi connectivity index (χ0) is 8.81. The maximum atomic E-state index is 8.39. The normalized spacial score (nSPS) is 25.8. The Kier molecular flexibility index (Phi) is 3.89. The van der Waals surface area contributed by atoms with Gasteiger partial charge < -0.3 is 9.47 Å². The van der Waals surface area contributed by atoms with E-state index in [9.17, 15) is 0 Å². The van der Waals surface area contributed by atoms with Crippen LogP contribution in [-0.2, 0) is 9.47 Å². The highest BCUT2D eigenvalue weighted by Gasteiger charge is 2.23. The molecule has 0 saturated carbocycles. The summed E-state index contributed by atoms with van der Waals surface area (Å²) in [6.07, 6.45) is 4.93. The van der Waals surface area contributed by atoms with Gasteiger partial charge in [-0.15, -0.1) is 0 Å². The molecule has 3 nitrogen and oxygen atoms in total. The van der Waals surface area contributed by atoms with Crippen LogP contribution in [0.5, 0.6) is 0 Å². The number of rotatable bonds is 3. The summed E-state index contributed by atoms with van der Waals surface area (Å²) in [6.45, 7) is 3.65. The maximum Gasteiger partial charge on any atom is 0.286 e. The minimum Gasteiger partial charge on any atom is -0.424 e. The Morgan fingerprint density at radius 3 is 3.08 bits per heavy atom. The summed E-state index contributed by atoms with van der Waals surface area (Å²) in [5.41, 5.74) is 0. The second-order valence-corrected chi connectivity index (χ2v) is 3.13. The van der Waals surface area contributed by atoms with E-state index in [0.717, 1.165) is 32.5 Å². The maximum absolute atomic E-state index is 8.39. The first-order valence-electron chi connectivity index (χ1n) is 4.51. The first-order chi connectivity index (χ1) is 5.88. The van der Waals surface area contributed by atoms with Crippen molar-refractivity contribution < 1.29 is 9.47 Å². The molecule has 0 N–H and O–H groups in total. The van der Waals surface area contributed by atoms with Crippen molar-refractivity contribution in [1.29, 1.82) is 5.26 Å². The molecule has 12 heavy (non-hydrogen) atoms. The molecule has 1 fully saturated rings. The van der Waals surface area contributed by atoms with Crippen LogP contribution in [0.25, 0.3) is 0 Å². The first kappa shape index (κ1) is 9.34. The van der Waals surface area contributed by atoms with E-state index in [0.29, 0.717) is 5.92 Å². The molecule has 0 aliphatic carbocycles. The summed E-state index contributed by atoms with van der Waals surface area (Å²) in [4.78, 5) is 0. The molecule has 1 unspecified atom stereocenters. The number of hydrogen-bond acceptors (Lipinski definition) is 3. The SMILES string of the molecule is CC[C@@H](OC#N)C1CCCOC1. The molecule has 0 aromatic heterocycles. The Balaban J connectivity index is 2.36. The fourth-order valence-electron chi connectivity index (χ4n) is 1.64. The minimum absolute atomic E-state index is 0.0651. The lowest BCUT2D eigenvalue weighted by Crippen LogP contribution is -2.29. The molecule has 1 rings (SSSR count). The summed E-state index contributed by atoms with van der Waals surface area (Å²) >= 11 is 0. The quantitative estimate of drug-likeness (QED) is 0.604. The van der Waals surface area contributed by atoms with Crippen molar-refractivity contribution >= 4 is 0 Å². The van der Waals surface area contributed by atoms with Gasteiger partial charge in [0, 0.05) is 12.5 Å². The second-order valence-electron chi connectivity index (χ2n) is 3.13. The van der Waals surface area contributed by atoms with Crippen LogP contribution >= 0.6 is 0 Å². The molecule has 0 aromatic carbocycles.